The fourth-order valence-electron chi connectivity index (χ4n) is 0.438. The summed E-state index contributed by atoms with van der Waals surface area (Å²) in [6, 6.07) is 0. The molecular weight excluding hydrogens is 158 g/mol. The first kappa shape index (κ1) is 9.39. The minimum absolute atomic E-state index is 0.347. The normalized spacial score (nSPS) is 15.9. The van der Waals surface area contributed by atoms with Gasteiger partial charge in [0, 0.05) is 6.42 Å². The van der Waals surface area contributed by atoms with Crippen LogP contribution in [0.2, 0.25) is 0 Å². The van der Waals surface area contributed by atoms with Crippen LogP contribution >= 0.6 is 11.6 Å². The molecule has 0 aromatic heterocycles. The second-order valence-electron chi connectivity index (χ2n) is 2.05. The molecule has 0 aromatic rings. The van der Waals surface area contributed by atoms with Crippen molar-refractivity contribution >= 4 is 23.4 Å². The van der Waals surface area contributed by atoms with Gasteiger partial charge in [0.25, 0.3) is 0 Å². The number of alkyl halides is 1. The Kier molecular flexibility index (Phi) is 2.80. The van der Waals surface area contributed by atoms with Gasteiger partial charge in [-0.05, 0) is 6.92 Å². The van der Waals surface area contributed by atoms with E-state index >= 15 is 0 Å². The van der Waals surface area contributed by atoms with E-state index in [1.165, 1.54) is 6.92 Å². The molecule has 0 radical (unpaired) electrons. The molecule has 0 saturated heterocycles. The summed E-state index contributed by atoms with van der Waals surface area (Å²) < 4.78 is 0. The van der Waals surface area contributed by atoms with Crippen LogP contribution in [-0.2, 0) is 9.59 Å². The molecule has 0 amide bonds. The van der Waals surface area contributed by atoms with Crippen molar-refractivity contribution in [1.82, 2.24) is 0 Å². The van der Waals surface area contributed by atoms with Crippen molar-refractivity contribution in [2.45, 2.75) is 18.3 Å². The summed E-state index contributed by atoms with van der Waals surface area (Å²) in [5, 5.41) is 8.28. The largest absolute Gasteiger partial charge is 0.479 e. The fourth-order valence-corrected chi connectivity index (χ4v) is 0.626. The molecular formula is C5H8ClNO3. The van der Waals surface area contributed by atoms with Crippen LogP contribution in [0.3, 0.4) is 0 Å². The van der Waals surface area contributed by atoms with Crippen LogP contribution < -0.4 is 5.73 Å². The van der Waals surface area contributed by atoms with Crippen molar-refractivity contribution < 1.29 is 14.7 Å². The molecule has 10 heavy (non-hydrogen) atoms. The minimum Gasteiger partial charge on any atom is -0.479 e. The van der Waals surface area contributed by atoms with E-state index < -0.39 is 11.0 Å². The number of carbonyl (C=O) groups excluding carboxylic acids is 1. The number of hydrogen-bond donors (Lipinski definition) is 2. The summed E-state index contributed by atoms with van der Waals surface area (Å²) in [5.41, 5.74) is 5.01. The van der Waals surface area contributed by atoms with Gasteiger partial charge < -0.3 is 10.8 Å². The Balaban J connectivity index is 4.13. The maximum Gasteiger partial charge on any atom is 0.339 e. The zero-order valence-electron chi connectivity index (χ0n) is 5.43. The molecule has 58 valence electrons. The Hall–Kier alpha value is -0.610. The van der Waals surface area contributed by atoms with E-state index in [1.807, 2.05) is 0 Å². The molecule has 3 N–H and O–H groups in total. The number of carbonyl (C=O) groups is 2. The van der Waals surface area contributed by atoms with Gasteiger partial charge in [-0.3, -0.25) is 4.79 Å². The Morgan fingerprint density at radius 2 is 2.10 bits per heavy atom. The highest BCUT2D eigenvalue weighted by Gasteiger charge is 2.32. The quantitative estimate of drug-likeness (QED) is 0.454. The number of hydrogen-bond acceptors (Lipinski definition) is 3. The third-order valence-electron chi connectivity index (χ3n) is 0.862. The monoisotopic (exact) mass is 165 g/mol. The van der Waals surface area contributed by atoms with Gasteiger partial charge >= 0.3 is 5.97 Å². The van der Waals surface area contributed by atoms with E-state index in [-0.39, 0.29) is 12.2 Å². The number of ketones is 1. The summed E-state index contributed by atoms with van der Waals surface area (Å²) in [4.78, 5) is 18.5. The van der Waals surface area contributed by atoms with Gasteiger partial charge in [0.1, 0.15) is 5.78 Å². The Morgan fingerprint density at radius 3 is 2.20 bits per heavy atom. The molecule has 0 spiro atoms. The maximum atomic E-state index is 10.3. The van der Waals surface area contributed by atoms with Crippen molar-refractivity contribution in [3.8, 4) is 0 Å². The second-order valence-corrected chi connectivity index (χ2v) is 2.72. The summed E-state index contributed by atoms with van der Waals surface area (Å²) in [6.45, 7) is 1.23. The molecule has 1 unspecified atom stereocenters. The molecule has 0 heterocycles. The Bertz CT molecular complexity index is 166. The highest BCUT2D eigenvalue weighted by atomic mass is 35.5. The van der Waals surface area contributed by atoms with Gasteiger partial charge in [-0.2, -0.15) is 0 Å². The van der Waals surface area contributed by atoms with Crippen molar-refractivity contribution in [2.75, 3.05) is 0 Å². The SMILES string of the molecule is CC(=O)CC(N)(Cl)C(=O)O. The van der Waals surface area contributed by atoms with Gasteiger partial charge in [-0.1, -0.05) is 11.6 Å². The summed E-state index contributed by atoms with van der Waals surface area (Å²) in [5.74, 6) is -1.73. The van der Waals surface area contributed by atoms with Crippen molar-refractivity contribution in [2.24, 2.45) is 5.73 Å². The van der Waals surface area contributed by atoms with Gasteiger partial charge in [0.2, 0.25) is 0 Å². The number of carboxylic acid groups (broad SMARTS) is 1. The van der Waals surface area contributed by atoms with Gasteiger partial charge in [-0.25, -0.2) is 4.79 Å². The van der Waals surface area contributed by atoms with Gasteiger partial charge in [0.15, 0.2) is 5.00 Å². The number of halogens is 1. The van der Waals surface area contributed by atoms with Crippen LogP contribution in [0, 0.1) is 0 Å². The number of Topliss-reactive ketones (excluding diaryl/α,β-unsaturated/α-hetero) is 1. The molecule has 0 aliphatic heterocycles. The van der Waals surface area contributed by atoms with Crippen LogP contribution in [0.1, 0.15) is 13.3 Å². The van der Waals surface area contributed by atoms with Crippen LogP contribution in [0.25, 0.3) is 0 Å². The predicted octanol–water partition coefficient (Wildman–Crippen LogP) is -0.0561. The predicted molar refractivity (Wildman–Crippen MR) is 35.7 cm³/mol. The lowest BCUT2D eigenvalue weighted by atomic mass is 10.1. The molecule has 0 fully saturated rings. The topological polar surface area (TPSA) is 80.4 Å². The number of carboxylic acids is 1. The molecule has 0 aliphatic rings. The summed E-state index contributed by atoms with van der Waals surface area (Å²) in [7, 11) is 0. The number of rotatable bonds is 3. The van der Waals surface area contributed by atoms with Crippen LogP contribution in [0.15, 0.2) is 0 Å². The van der Waals surface area contributed by atoms with Crippen molar-refractivity contribution in [1.29, 1.82) is 0 Å². The van der Waals surface area contributed by atoms with Crippen molar-refractivity contribution in [3.63, 3.8) is 0 Å². The van der Waals surface area contributed by atoms with E-state index in [1.54, 1.807) is 0 Å². The molecule has 5 heteroatoms. The van der Waals surface area contributed by atoms with Crippen LogP contribution in [-0.4, -0.2) is 21.9 Å². The molecule has 0 rings (SSSR count). The van der Waals surface area contributed by atoms with E-state index in [0.717, 1.165) is 0 Å². The molecule has 0 saturated carbocycles. The first-order valence-electron chi connectivity index (χ1n) is 2.57. The van der Waals surface area contributed by atoms with Crippen LogP contribution in [0.5, 0.6) is 0 Å². The van der Waals surface area contributed by atoms with Gasteiger partial charge in [0.05, 0.1) is 0 Å². The number of aliphatic carboxylic acids is 1. The minimum atomic E-state index is -1.94. The lowest BCUT2D eigenvalue weighted by Crippen LogP contribution is -2.43. The molecule has 0 aliphatic carbocycles. The van der Waals surface area contributed by atoms with Gasteiger partial charge in [-0.15, -0.1) is 0 Å². The highest BCUT2D eigenvalue weighted by Crippen LogP contribution is 2.12. The third kappa shape index (κ3) is 2.80. The highest BCUT2D eigenvalue weighted by molar-refractivity contribution is 6.34. The smallest absolute Gasteiger partial charge is 0.339 e. The fraction of sp³-hybridized carbons (Fsp3) is 0.600. The first-order valence-corrected chi connectivity index (χ1v) is 2.94. The lowest BCUT2D eigenvalue weighted by Gasteiger charge is -2.13. The lowest BCUT2D eigenvalue weighted by molar-refractivity contribution is -0.141. The summed E-state index contributed by atoms with van der Waals surface area (Å²) >= 11 is 5.22. The maximum absolute atomic E-state index is 10.3. The molecule has 0 aromatic carbocycles. The second kappa shape index (κ2) is 2.98. The molecule has 4 nitrogen and oxygen atoms in total. The first-order chi connectivity index (χ1) is 4.36. The van der Waals surface area contributed by atoms with E-state index in [9.17, 15) is 9.59 Å². The van der Waals surface area contributed by atoms with Crippen molar-refractivity contribution in [3.05, 3.63) is 0 Å². The molecule has 1 atom stereocenters. The van der Waals surface area contributed by atoms with E-state index in [0.29, 0.717) is 0 Å². The summed E-state index contributed by atoms with van der Waals surface area (Å²) in [6.07, 6.45) is -0.357. The standard InChI is InChI=1S/C5H8ClNO3/c1-3(8)2-5(6,7)4(9)10/h2,7H2,1H3,(H,9,10). The van der Waals surface area contributed by atoms with E-state index in [2.05, 4.69) is 0 Å². The zero-order chi connectivity index (χ0) is 8.36. The Labute approximate surface area is 63.0 Å². The third-order valence-corrected chi connectivity index (χ3v) is 1.16. The average molecular weight is 166 g/mol. The number of nitrogens with two attached hydrogens (primary N) is 1. The zero-order valence-corrected chi connectivity index (χ0v) is 6.18. The van der Waals surface area contributed by atoms with E-state index in [4.69, 9.17) is 22.4 Å². The molecule has 0 bridgehead atoms. The average Bonchev–Trinajstić information content (AvgIpc) is 1.60. The van der Waals surface area contributed by atoms with Crippen LogP contribution in [0.4, 0.5) is 0 Å². The Morgan fingerprint density at radius 1 is 1.70 bits per heavy atom.